The Morgan fingerprint density at radius 1 is 1.35 bits per heavy atom. The van der Waals surface area contributed by atoms with Crippen LogP contribution in [0.5, 0.6) is 0 Å². The molecule has 0 amide bonds. The molecule has 0 spiro atoms. The Hall–Kier alpha value is -1.26. The molecule has 2 atom stereocenters. The average Bonchev–Trinajstić information content (AvgIpc) is 2.57. The molecule has 2 unspecified atom stereocenters. The van der Waals surface area contributed by atoms with Gasteiger partial charge in [-0.3, -0.25) is 4.99 Å². The van der Waals surface area contributed by atoms with Crippen molar-refractivity contribution in [1.29, 1.82) is 5.26 Å². The zero-order valence-corrected chi connectivity index (χ0v) is 14.2. The molecule has 0 heterocycles. The van der Waals surface area contributed by atoms with Gasteiger partial charge in [-0.25, -0.2) is 0 Å². The van der Waals surface area contributed by atoms with E-state index < -0.39 is 12.2 Å². The van der Waals surface area contributed by atoms with Gasteiger partial charge in [0.2, 0.25) is 0 Å². The number of methoxy groups -OCH3 is 1. The Kier molecular flexibility index (Phi) is 10.5. The third kappa shape index (κ3) is 7.71. The first-order chi connectivity index (χ1) is 11.2. The lowest BCUT2D eigenvalue weighted by Gasteiger charge is -2.23. The zero-order valence-electron chi connectivity index (χ0n) is 14.2. The summed E-state index contributed by atoms with van der Waals surface area (Å²) < 4.78 is 15.5. The van der Waals surface area contributed by atoms with Crippen LogP contribution in [0.15, 0.2) is 16.6 Å². The summed E-state index contributed by atoms with van der Waals surface area (Å²) >= 11 is 0. The van der Waals surface area contributed by atoms with E-state index in [4.69, 9.17) is 14.2 Å². The number of nitrogens with zero attached hydrogens (tertiary/aromatic N) is 2. The van der Waals surface area contributed by atoms with Crippen molar-refractivity contribution < 1.29 is 19.3 Å². The minimum Gasteiger partial charge on any atom is -0.385 e. The number of aliphatic hydroxyl groups excluding tert-OH is 1. The first kappa shape index (κ1) is 19.8. The molecule has 0 saturated carbocycles. The molecular weight excluding hydrogens is 296 g/mol. The average molecular weight is 324 g/mol. The van der Waals surface area contributed by atoms with Crippen LogP contribution in [-0.2, 0) is 14.2 Å². The summed E-state index contributed by atoms with van der Waals surface area (Å²) in [6, 6.07) is 2.15. The molecule has 0 aromatic carbocycles. The first-order valence-corrected chi connectivity index (χ1v) is 8.22. The van der Waals surface area contributed by atoms with E-state index in [0.717, 1.165) is 43.5 Å². The number of aliphatic hydroxyl groups is 1. The predicted molar refractivity (Wildman–Crippen MR) is 88.3 cm³/mol. The molecule has 1 rings (SSSR count). The van der Waals surface area contributed by atoms with Gasteiger partial charge in [-0.1, -0.05) is 0 Å². The van der Waals surface area contributed by atoms with Gasteiger partial charge in [0.25, 0.3) is 0 Å². The van der Waals surface area contributed by atoms with E-state index in [-0.39, 0.29) is 6.61 Å². The van der Waals surface area contributed by atoms with Crippen LogP contribution in [-0.4, -0.2) is 57.2 Å². The van der Waals surface area contributed by atoms with Crippen LogP contribution in [0.3, 0.4) is 0 Å². The van der Waals surface area contributed by atoms with Gasteiger partial charge in [-0.15, -0.1) is 0 Å². The molecule has 6 heteroatoms. The van der Waals surface area contributed by atoms with Crippen molar-refractivity contribution in [1.82, 2.24) is 0 Å². The van der Waals surface area contributed by atoms with Gasteiger partial charge in [0, 0.05) is 32.6 Å². The summed E-state index contributed by atoms with van der Waals surface area (Å²) in [5, 5.41) is 19.5. The number of ether oxygens (including phenoxy) is 3. The van der Waals surface area contributed by atoms with Crippen molar-refractivity contribution in [2.45, 2.75) is 38.9 Å². The zero-order chi connectivity index (χ0) is 16.9. The molecule has 1 aliphatic carbocycles. The van der Waals surface area contributed by atoms with Gasteiger partial charge >= 0.3 is 0 Å². The van der Waals surface area contributed by atoms with Gasteiger partial charge in [0.05, 0.1) is 19.3 Å². The Bertz CT molecular complexity index is 429. The minimum atomic E-state index is -1.13. The highest BCUT2D eigenvalue weighted by Gasteiger charge is 2.25. The largest absolute Gasteiger partial charge is 0.385 e. The molecule has 0 fully saturated rings. The normalized spacial score (nSPS) is 19.2. The fourth-order valence-electron chi connectivity index (χ4n) is 2.43. The summed E-state index contributed by atoms with van der Waals surface area (Å²) in [5.41, 5.74) is 1.89. The van der Waals surface area contributed by atoms with Gasteiger partial charge in [-0.2, -0.15) is 5.26 Å². The molecule has 0 bridgehead atoms. The van der Waals surface area contributed by atoms with Gasteiger partial charge in [-0.05, 0) is 44.3 Å². The Morgan fingerprint density at radius 2 is 2.17 bits per heavy atom. The van der Waals surface area contributed by atoms with Crippen molar-refractivity contribution in [3.63, 3.8) is 0 Å². The van der Waals surface area contributed by atoms with E-state index in [9.17, 15) is 10.4 Å². The second-order valence-electron chi connectivity index (χ2n) is 5.36. The Morgan fingerprint density at radius 3 is 2.87 bits per heavy atom. The molecule has 1 aliphatic rings. The Labute approximate surface area is 138 Å². The lowest BCUT2D eigenvalue weighted by atomic mass is 9.88. The predicted octanol–water partition coefficient (Wildman–Crippen LogP) is 2.09. The lowest BCUT2D eigenvalue weighted by molar-refractivity contribution is -0.125. The summed E-state index contributed by atoms with van der Waals surface area (Å²) in [6.45, 7) is 4.61. The van der Waals surface area contributed by atoms with Gasteiger partial charge < -0.3 is 19.3 Å². The third-order valence-corrected chi connectivity index (χ3v) is 3.62. The van der Waals surface area contributed by atoms with Gasteiger partial charge in [0.1, 0.15) is 5.92 Å². The number of rotatable bonds is 11. The highest BCUT2D eigenvalue weighted by atomic mass is 16.6. The van der Waals surface area contributed by atoms with Crippen LogP contribution in [0.1, 0.15) is 32.6 Å². The second-order valence-corrected chi connectivity index (χ2v) is 5.36. The smallest absolute Gasteiger partial charge is 0.174 e. The molecule has 0 saturated heterocycles. The molecule has 23 heavy (non-hydrogen) atoms. The lowest BCUT2D eigenvalue weighted by Crippen LogP contribution is -2.27. The monoisotopic (exact) mass is 324 g/mol. The van der Waals surface area contributed by atoms with Crippen LogP contribution < -0.4 is 0 Å². The van der Waals surface area contributed by atoms with Crippen LogP contribution in [0.4, 0.5) is 0 Å². The summed E-state index contributed by atoms with van der Waals surface area (Å²) in [5.74, 6) is -0.652. The maximum atomic E-state index is 10.1. The van der Waals surface area contributed by atoms with Crippen molar-refractivity contribution in [2.24, 2.45) is 10.9 Å². The number of hydrogen-bond acceptors (Lipinski definition) is 6. The Balaban J connectivity index is 2.57. The summed E-state index contributed by atoms with van der Waals surface area (Å²) in [6.07, 6.45) is 4.35. The minimum absolute atomic E-state index is 0.276. The van der Waals surface area contributed by atoms with Crippen molar-refractivity contribution in [3.05, 3.63) is 11.6 Å². The maximum absolute atomic E-state index is 10.1. The summed E-state index contributed by atoms with van der Waals surface area (Å²) in [4.78, 5) is 4.54. The maximum Gasteiger partial charge on any atom is 0.174 e. The third-order valence-electron chi connectivity index (χ3n) is 3.62. The van der Waals surface area contributed by atoms with Crippen LogP contribution in [0.25, 0.3) is 0 Å². The molecule has 0 aliphatic heterocycles. The van der Waals surface area contributed by atoms with E-state index in [1.165, 1.54) is 0 Å². The van der Waals surface area contributed by atoms with Crippen molar-refractivity contribution in [3.8, 4) is 6.07 Å². The molecule has 0 radical (unpaired) electrons. The number of aliphatic imine (C=N–C) groups is 1. The van der Waals surface area contributed by atoms with Gasteiger partial charge in [0.15, 0.2) is 6.29 Å². The highest BCUT2D eigenvalue weighted by molar-refractivity contribution is 5.96. The van der Waals surface area contributed by atoms with E-state index in [1.807, 2.05) is 13.0 Å². The molecule has 0 aromatic heterocycles. The molecular formula is C17H28N2O4. The standard InChI is InChI=1S/C17H28N2O4/c1-3-22-10-11-23-17(20)16(13-18)14-6-4-7-15(12-14)19-8-5-9-21-2/h12,16-17,20H,3-11H2,1-2H3. The molecule has 130 valence electrons. The SMILES string of the molecule is CCOCCOC(O)C(C#N)C1=CC(=NCCCOC)CCC1. The van der Waals surface area contributed by atoms with E-state index >= 15 is 0 Å². The molecule has 6 nitrogen and oxygen atoms in total. The topological polar surface area (TPSA) is 84.1 Å². The fraction of sp³-hybridized carbons (Fsp3) is 0.765. The number of hydrogen-bond donors (Lipinski definition) is 1. The summed E-state index contributed by atoms with van der Waals surface area (Å²) in [7, 11) is 1.68. The van der Waals surface area contributed by atoms with Crippen molar-refractivity contribution >= 4 is 5.71 Å². The van der Waals surface area contributed by atoms with E-state index in [0.29, 0.717) is 19.8 Å². The molecule has 0 aromatic rings. The highest BCUT2D eigenvalue weighted by Crippen LogP contribution is 2.26. The number of nitriles is 1. The van der Waals surface area contributed by atoms with Crippen LogP contribution in [0, 0.1) is 17.2 Å². The van der Waals surface area contributed by atoms with Crippen LogP contribution in [0.2, 0.25) is 0 Å². The fourth-order valence-corrected chi connectivity index (χ4v) is 2.43. The van der Waals surface area contributed by atoms with E-state index in [1.54, 1.807) is 7.11 Å². The van der Waals surface area contributed by atoms with E-state index in [2.05, 4.69) is 11.1 Å². The number of allylic oxidation sites excluding steroid dienone is 1. The molecule has 1 N–H and O–H groups in total. The quantitative estimate of drug-likeness (QED) is 0.465. The second kappa shape index (κ2) is 12.2. The van der Waals surface area contributed by atoms with Crippen LogP contribution >= 0.6 is 0 Å². The van der Waals surface area contributed by atoms with Crippen molar-refractivity contribution in [2.75, 3.05) is 40.1 Å². The first-order valence-electron chi connectivity index (χ1n) is 8.22.